The van der Waals surface area contributed by atoms with Gasteiger partial charge >= 0.3 is 6.03 Å². The van der Waals surface area contributed by atoms with E-state index >= 15 is 0 Å². The van der Waals surface area contributed by atoms with Gasteiger partial charge in [0, 0.05) is 39.5 Å². The van der Waals surface area contributed by atoms with Gasteiger partial charge in [0.05, 0.1) is 24.4 Å². The van der Waals surface area contributed by atoms with Crippen LogP contribution in [0, 0.1) is 0 Å². The van der Waals surface area contributed by atoms with E-state index in [4.69, 9.17) is 14.5 Å². The van der Waals surface area contributed by atoms with Gasteiger partial charge in [-0.3, -0.25) is 0 Å². The number of nitrogens with one attached hydrogen (secondary N) is 1. The molecule has 2 amide bonds. The molecule has 0 spiro atoms. The summed E-state index contributed by atoms with van der Waals surface area (Å²) in [4.78, 5) is 25.7. The fourth-order valence-corrected chi connectivity index (χ4v) is 4.00. The fraction of sp³-hybridized carbons (Fsp3) is 0.737. The first-order chi connectivity index (χ1) is 13.2. The Bertz CT molecular complexity index is 655. The molecule has 1 atom stereocenters. The summed E-state index contributed by atoms with van der Waals surface area (Å²) >= 11 is 0. The average molecular weight is 375 g/mol. The van der Waals surface area contributed by atoms with Gasteiger partial charge in [-0.25, -0.2) is 14.8 Å². The second kappa shape index (κ2) is 7.98. The monoisotopic (exact) mass is 375 g/mol. The van der Waals surface area contributed by atoms with Crippen molar-refractivity contribution in [1.82, 2.24) is 20.2 Å². The first-order valence-corrected chi connectivity index (χ1v) is 9.97. The van der Waals surface area contributed by atoms with Gasteiger partial charge in [0.1, 0.15) is 6.10 Å². The van der Waals surface area contributed by atoms with Crippen LogP contribution in [0.4, 0.5) is 10.7 Å². The normalized spacial score (nSPS) is 24.6. The van der Waals surface area contributed by atoms with E-state index in [1.807, 2.05) is 11.0 Å². The molecule has 0 bridgehead atoms. The van der Waals surface area contributed by atoms with Crippen LogP contribution in [-0.2, 0) is 9.47 Å². The summed E-state index contributed by atoms with van der Waals surface area (Å²) in [6, 6.07) is 1.83. The first-order valence-electron chi connectivity index (χ1n) is 9.97. The summed E-state index contributed by atoms with van der Waals surface area (Å²) in [5.74, 6) is 0.766. The van der Waals surface area contributed by atoms with Crippen LogP contribution in [0.1, 0.15) is 43.9 Å². The number of morpholine rings is 1. The first kappa shape index (κ1) is 18.4. The van der Waals surface area contributed by atoms with E-state index in [1.54, 1.807) is 13.3 Å². The molecule has 0 radical (unpaired) electrons. The second-order valence-corrected chi connectivity index (χ2v) is 7.68. The van der Waals surface area contributed by atoms with Gasteiger partial charge in [0.2, 0.25) is 5.95 Å². The Balaban J connectivity index is 1.36. The molecule has 0 unspecified atom stereocenters. The Hall–Kier alpha value is -1.93. The highest BCUT2D eigenvalue weighted by Gasteiger charge is 2.38. The molecule has 1 saturated carbocycles. The smallest absolute Gasteiger partial charge is 0.317 e. The molecule has 27 heavy (non-hydrogen) atoms. The number of rotatable bonds is 5. The van der Waals surface area contributed by atoms with Crippen molar-refractivity contribution < 1.29 is 14.3 Å². The van der Waals surface area contributed by atoms with Gasteiger partial charge in [0.15, 0.2) is 0 Å². The maximum atomic E-state index is 12.6. The lowest BCUT2D eigenvalue weighted by molar-refractivity contribution is -0.0689. The third kappa shape index (κ3) is 4.01. The highest BCUT2D eigenvalue weighted by atomic mass is 16.5. The molecular weight excluding hydrogens is 346 g/mol. The molecule has 3 fully saturated rings. The summed E-state index contributed by atoms with van der Waals surface area (Å²) in [6.07, 6.45) is 7.13. The van der Waals surface area contributed by atoms with Gasteiger partial charge in [-0.05, 0) is 38.2 Å². The Morgan fingerprint density at radius 2 is 2.15 bits per heavy atom. The zero-order valence-corrected chi connectivity index (χ0v) is 16.0. The second-order valence-electron chi connectivity index (χ2n) is 7.68. The molecule has 1 aromatic rings. The maximum absolute atomic E-state index is 12.6. The summed E-state index contributed by atoms with van der Waals surface area (Å²) in [6.45, 7) is 4.18. The average Bonchev–Trinajstić information content (AvgIpc) is 3.22. The summed E-state index contributed by atoms with van der Waals surface area (Å²) in [7, 11) is 1.73. The molecule has 1 aromatic heterocycles. The number of hydrogen-bond donors (Lipinski definition) is 1. The summed E-state index contributed by atoms with van der Waals surface area (Å²) in [5, 5.41) is 3.04. The van der Waals surface area contributed by atoms with Gasteiger partial charge in [-0.1, -0.05) is 0 Å². The molecule has 1 N–H and O–H groups in total. The van der Waals surface area contributed by atoms with Gasteiger partial charge in [0.25, 0.3) is 0 Å². The zero-order chi connectivity index (χ0) is 18.7. The van der Waals surface area contributed by atoms with Crippen LogP contribution in [0.15, 0.2) is 12.3 Å². The van der Waals surface area contributed by atoms with Crippen molar-refractivity contribution in [2.45, 2.75) is 43.8 Å². The van der Waals surface area contributed by atoms with E-state index in [0.29, 0.717) is 26.2 Å². The molecule has 2 aliphatic heterocycles. The highest BCUT2D eigenvalue weighted by molar-refractivity contribution is 5.74. The van der Waals surface area contributed by atoms with Crippen molar-refractivity contribution in [1.29, 1.82) is 0 Å². The van der Waals surface area contributed by atoms with Gasteiger partial charge in [-0.2, -0.15) is 0 Å². The van der Waals surface area contributed by atoms with Crippen LogP contribution >= 0.6 is 0 Å². The fourth-order valence-electron chi connectivity index (χ4n) is 4.00. The number of nitrogens with zero attached hydrogens (tertiary/aromatic N) is 4. The minimum absolute atomic E-state index is 0.0551. The molecule has 2 saturated heterocycles. The van der Waals surface area contributed by atoms with E-state index in [9.17, 15) is 4.79 Å². The molecule has 8 heteroatoms. The molecule has 8 nitrogen and oxygen atoms in total. The SMILES string of the molecule is COC1(CNC(=O)N2CCO[C@@H](c3ccnc(N4CCCC4)n3)C2)CCC1. The van der Waals surface area contributed by atoms with E-state index in [2.05, 4.69) is 15.2 Å². The van der Waals surface area contributed by atoms with E-state index in [1.165, 1.54) is 12.8 Å². The van der Waals surface area contributed by atoms with Crippen molar-refractivity contribution in [3.8, 4) is 0 Å². The number of hydrogen-bond acceptors (Lipinski definition) is 6. The van der Waals surface area contributed by atoms with Crippen LogP contribution < -0.4 is 10.2 Å². The number of anilines is 1. The Morgan fingerprint density at radius 1 is 1.33 bits per heavy atom. The number of aromatic nitrogens is 2. The van der Waals surface area contributed by atoms with Crippen LogP contribution in [0.5, 0.6) is 0 Å². The Kier molecular flexibility index (Phi) is 5.45. The van der Waals surface area contributed by atoms with Crippen molar-refractivity contribution in [3.63, 3.8) is 0 Å². The standard InChI is InChI=1S/C19H29N5O3/c1-26-19(6-4-7-19)14-21-18(25)24-11-12-27-16(13-24)15-5-8-20-17(22-15)23-9-2-3-10-23/h5,8,16H,2-4,6-7,9-14H2,1H3,(H,21,25)/t16-/m1/s1. The van der Waals surface area contributed by atoms with Crippen LogP contribution in [-0.4, -0.2) is 72.9 Å². The molecule has 3 heterocycles. The lowest BCUT2D eigenvalue weighted by atomic mass is 9.80. The highest BCUT2D eigenvalue weighted by Crippen LogP contribution is 2.34. The molecule has 148 valence electrons. The van der Waals surface area contributed by atoms with Gasteiger partial charge < -0.3 is 24.6 Å². The largest absolute Gasteiger partial charge is 0.376 e. The molecule has 0 aromatic carbocycles. The summed E-state index contributed by atoms with van der Waals surface area (Å²) < 4.78 is 11.5. The lowest BCUT2D eigenvalue weighted by Gasteiger charge is -2.41. The molecule has 1 aliphatic carbocycles. The predicted molar refractivity (Wildman–Crippen MR) is 101 cm³/mol. The quantitative estimate of drug-likeness (QED) is 0.844. The van der Waals surface area contributed by atoms with Crippen molar-refractivity contribution in [2.75, 3.05) is 51.3 Å². The lowest BCUT2D eigenvalue weighted by Crippen LogP contribution is -2.54. The number of carbonyl (C=O) groups excluding carboxylic acids is 1. The minimum atomic E-state index is -0.214. The third-order valence-electron chi connectivity index (χ3n) is 6.00. The molecule has 3 aliphatic rings. The molecule has 4 rings (SSSR count). The van der Waals surface area contributed by atoms with Crippen LogP contribution in [0.25, 0.3) is 0 Å². The molecular formula is C19H29N5O3. The maximum Gasteiger partial charge on any atom is 0.317 e. The number of amides is 2. The van der Waals surface area contributed by atoms with Crippen molar-refractivity contribution >= 4 is 12.0 Å². The van der Waals surface area contributed by atoms with Gasteiger partial charge in [-0.15, -0.1) is 0 Å². The Morgan fingerprint density at radius 3 is 2.85 bits per heavy atom. The van der Waals surface area contributed by atoms with Crippen molar-refractivity contribution in [3.05, 3.63) is 18.0 Å². The topological polar surface area (TPSA) is 79.8 Å². The number of methoxy groups -OCH3 is 1. The van der Waals surface area contributed by atoms with E-state index in [0.717, 1.165) is 44.0 Å². The zero-order valence-electron chi connectivity index (χ0n) is 16.0. The minimum Gasteiger partial charge on any atom is -0.376 e. The van der Waals surface area contributed by atoms with E-state index < -0.39 is 0 Å². The van der Waals surface area contributed by atoms with Crippen molar-refractivity contribution in [2.24, 2.45) is 0 Å². The van der Waals surface area contributed by atoms with Crippen LogP contribution in [0.2, 0.25) is 0 Å². The summed E-state index contributed by atoms with van der Waals surface area (Å²) in [5.41, 5.74) is 0.676. The number of carbonyl (C=O) groups is 1. The number of urea groups is 1. The Labute approximate surface area is 160 Å². The predicted octanol–water partition coefficient (Wildman–Crippen LogP) is 1.73. The van der Waals surface area contributed by atoms with E-state index in [-0.39, 0.29) is 17.7 Å². The third-order valence-corrected chi connectivity index (χ3v) is 6.00. The number of ether oxygens (including phenoxy) is 2. The van der Waals surface area contributed by atoms with Crippen LogP contribution in [0.3, 0.4) is 0 Å².